The Labute approximate surface area is 111 Å². The lowest BCUT2D eigenvalue weighted by atomic mass is 10.0. The van der Waals surface area contributed by atoms with E-state index >= 15 is 0 Å². The van der Waals surface area contributed by atoms with E-state index in [9.17, 15) is 9.18 Å². The maximum absolute atomic E-state index is 12.8. The summed E-state index contributed by atoms with van der Waals surface area (Å²) in [6.07, 6.45) is 2.04. The highest BCUT2D eigenvalue weighted by Gasteiger charge is 2.47. The molecule has 19 heavy (non-hydrogen) atoms. The molecule has 2 atom stereocenters. The molecule has 2 bridgehead atoms. The minimum atomic E-state index is -0.0374. The number of rotatable bonds is 3. The van der Waals surface area contributed by atoms with Gasteiger partial charge in [0.15, 0.2) is 0 Å². The van der Waals surface area contributed by atoms with Gasteiger partial charge in [-0.1, -0.05) is 12.1 Å². The summed E-state index contributed by atoms with van der Waals surface area (Å²) < 4.78 is 17.9. The normalized spacial score (nSPS) is 27.4. The quantitative estimate of drug-likeness (QED) is 0.837. The Hall–Kier alpha value is -1.84. The highest BCUT2D eigenvalue weighted by molar-refractivity contribution is 5.84. The van der Waals surface area contributed by atoms with E-state index in [2.05, 4.69) is 0 Å². The summed E-state index contributed by atoms with van der Waals surface area (Å²) in [6, 6.07) is 7.60. The van der Waals surface area contributed by atoms with Crippen molar-refractivity contribution in [2.45, 2.75) is 25.4 Å². The lowest BCUT2D eigenvalue weighted by Crippen LogP contribution is -2.37. The van der Waals surface area contributed by atoms with Gasteiger partial charge in [0, 0.05) is 12.5 Å². The Morgan fingerprint density at radius 2 is 2.16 bits per heavy atom. The van der Waals surface area contributed by atoms with E-state index in [1.165, 1.54) is 0 Å². The number of piperidine rings is 1. The first-order valence-corrected chi connectivity index (χ1v) is 6.45. The number of benzene rings is 1. The Bertz CT molecular complexity index is 523. The predicted molar refractivity (Wildman–Crippen MR) is 69.2 cm³/mol. The third kappa shape index (κ3) is 2.01. The number of carbonyl (C=O) groups is 1. The number of methoxy groups -OCH3 is 1. The van der Waals surface area contributed by atoms with E-state index in [0.717, 1.165) is 23.3 Å². The van der Waals surface area contributed by atoms with Crippen LogP contribution in [0.5, 0.6) is 5.75 Å². The van der Waals surface area contributed by atoms with Gasteiger partial charge in [-0.05, 0) is 36.1 Å². The van der Waals surface area contributed by atoms with Crippen LogP contribution in [0.25, 0.3) is 0 Å². The number of ether oxygens (including phenoxy) is 1. The highest BCUT2D eigenvalue weighted by Crippen LogP contribution is 2.43. The van der Waals surface area contributed by atoms with Crippen LogP contribution >= 0.6 is 0 Å². The second kappa shape index (κ2) is 4.68. The first-order valence-electron chi connectivity index (χ1n) is 6.45. The third-order valence-corrected chi connectivity index (χ3v) is 4.08. The van der Waals surface area contributed by atoms with Crippen LogP contribution < -0.4 is 4.74 Å². The topological polar surface area (TPSA) is 29.5 Å². The van der Waals surface area contributed by atoms with Gasteiger partial charge >= 0.3 is 0 Å². The maximum Gasteiger partial charge on any atom is 0.226 e. The zero-order chi connectivity index (χ0) is 13.4. The van der Waals surface area contributed by atoms with Crippen LogP contribution in [-0.4, -0.2) is 24.0 Å². The molecule has 1 amide bonds. The van der Waals surface area contributed by atoms with Gasteiger partial charge in [-0.2, -0.15) is 0 Å². The van der Waals surface area contributed by atoms with Crippen molar-refractivity contribution in [3.05, 3.63) is 41.7 Å². The molecule has 3 rings (SSSR count). The number of carbonyl (C=O) groups excluding carboxylic acids is 1. The minimum absolute atomic E-state index is 0.00903. The largest absolute Gasteiger partial charge is 0.497 e. The molecule has 1 aliphatic carbocycles. The molecule has 0 aromatic heterocycles. The van der Waals surface area contributed by atoms with Crippen molar-refractivity contribution < 1.29 is 13.9 Å². The Balaban J connectivity index is 1.77. The van der Waals surface area contributed by atoms with Gasteiger partial charge in [-0.3, -0.25) is 4.79 Å². The van der Waals surface area contributed by atoms with Crippen molar-refractivity contribution in [2.75, 3.05) is 7.11 Å². The molecule has 1 heterocycles. The molecule has 2 fully saturated rings. The number of likely N-dealkylation sites (tertiary alicyclic amines) is 1. The standard InChI is InChI=1S/C15H16FNO2/c1-19-13-4-2-10(3-5-13)9-17-14-7-11(15(17)18)6-12(14)8-16/h2-5,8,11,14H,6-7,9H2,1H3/b12-8-. The van der Waals surface area contributed by atoms with Crippen LogP contribution in [0.15, 0.2) is 36.2 Å². The highest BCUT2D eigenvalue weighted by atomic mass is 19.1. The Morgan fingerprint density at radius 3 is 2.74 bits per heavy atom. The van der Waals surface area contributed by atoms with Gasteiger partial charge in [0.2, 0.25) is 5.91 Å². The second-order valence-corrected chi connectivity index (χ2v) is 5.15. The lowest BCUT2D eigenvalue weighted by Gasteiger charge is -2.28. The van der Waals surface area contributed by atoms with Crippen molar-refractivity contribution in [3.8, 4) is 5.75 Å². The number of amides is 1. The summed E-state index contributed by atoms with van der Waals surface area (Å²) in [4.78, 5) is 13.9. The molecule has 1 aromatic carbocycles. The first kappa shape index (κ1) is 12.2. The Morgan fingerprint density at radius 1 is 1.42 bits per heavy atom. The molecule has 1 aromatic rings. The van der Waals surface area contributed by atoms with Gasteiger partial charge in [0.25, 0.3) is 0 Å². The first-order chi connectivity index (χ1) is 9.22. The van der Waals surface area contributed by atoms with Crippen molar-refractivity contribution in [2.24, 2.45) is 5.92 Å². The number of hydrogen-bond acceptors (Lipinski definition) is 2. The molecule has 0 radical (unpaired) electrons. The molecule has 2 aliphatic rings. The molecular formula is C15H16FNO2. The molecule has 0 spiro atoms. The SMILES string of the molecule is COc1ccc(CN2C(=O)C3C/C(=C/F)C2C3)cc1. The van der Waals surface area contributed by atoms with Crippen LogP contribution in [0.4, 0.5) is 4.39 Å². The molecule has 1 saturated carbocycles. The molecule has 1 saturated heterocycles. The van der Waals surface area contributed by atoms with Gasteiger partial charge in [0.1, 0.15) is 5.75 Å². The van der Waals surface area contributed by atoms with Crippen molar-refractivity contribution in [1.29, 1.82) is 0 Å². The summed E-state index contributed by atoms with van der Waals surface area (Å²) in [5.41, 5.74) is 1.80. The van der Waals surface area contributed by atoms with E-state index in [4.69, 9.17) is 4.74 Å². The lowest BCUT2D eigenvalue weighted by molar-refractivity contribution is -0.133. The van der Waals surface area contributed by atoms with E-state index in [0.29, 0.717) is 19.3 Å². The molecular weight excluding hydrogens is 245 g/mol. The number of hydrogen-bond donors (Lipinski definition) is 0. The van der Waals surface area contributed by atoms with Gasteiger partial charge in [-0.15, -0.1) is 0 Å². The number of nitrogens with zero attached hydrogens (tertiary/aromatic N) is 1. The molecule has 100 valence electrons. The summed E-state index contributed by atoms with van der Waals surface area (Å²) in [6.45, 7) is 0.543. The summed E-state index contributed by atoms with van der Waals surface area (Å²) >= 11 is 0. The third-order valence-electron chi connectivity index (χ3n) is 4.08. The fourth-order valence-corrected chi connectivity index (χ4v) is 3.06. The minimum Gasteiger partial charge on any atom is -0.497 e. The molecule has 4 heteroatoms. The smallest absolute Gasteiger partial charge is 0.226 e. The zero-order valence-electron chi connectivity index (χ0n) is 10.8. The average molecular weight is 261 g/mol. The van der Waals surface area contributed by atoms with Crippen molar-refractivity contribution in [3.63, 3.8) is 0 Å². The summed E-state index contributed by atoms with van der Waals surface area (Å²) in [7, 11) is 1.62. The van der Waals surface area contributed by atoms with Crippen LogP contribution in [0.1, 0.15) is 18.4 Å². The summed E-state index contributed by atoms with van der Waals surface area (Å²) in [5, 5.41) is 0. The molecule has 3 nitrogen and oxygen atoms in total. The molecule has 2 unspecified atom stereocenters. The predicted octanol–water partition coefficient (Wildman–Crippen LogP) is 2.67. The number of fused-ring (bicyclic) bond motifs is 2. The van der Waals surface area contributed by atoms with Crippen LogP contribution in [-0.2, 0) is 11.3 Å². The average Bonchev–Trinajstić information content (AvgIpc) is 2.99. The molecule has 1 aliphatic heterocycles. The second-order valence-electron chi connectivity index (χ2n) is 5.15. The van der Waals surface area contributed by atoms with E-state index in [-0.39, 0.29) is 17.9 Å². The zero-order valence-corrected chi connectivity index (χ0v) is 10.8. The fraction of sp³-hybridized carbons (Fsp3) is 0.400. The summed E-state index contributed by atoms with van der Waals surface area (Å²) in [5.74, 6) is 0.944. The van der Waals surface area contributed by atoms with Gasteiger partial charge < -0.3 is 9.64 Å². The van der Waals surface area contributed by atoms with Crippen LogP contribution in [0.2, 0.25) is 0 Å². The van der Waals surface area contributed by atoms with E-state index in [1.54, 1.807) is 12.0 Å². The van der Waals surface area contributed by atoms with E-state index in [1.807, 2.05) is 24.3 Å². The van der Waals surface area contributed by atoms with Crippen molar-refractivity contribution >= 4 is 5.91 Å². The monoisotopic (exact) mass is 261 g/mol. The number of halogens is 1. The maximum atomic E-state index is 12.8. The van der Waals surface area contributed by atoms with Gasteiger partial charge in [0.05, 0.1) is 19.5 Å². The van der Waals surface area contributed by atoms with E-state index < -0.39 is 0 Å². The van der Waals surface area contributed by atoms with Crippen LogP contribution in [0.3, 0.4) is 0 Å². The fourth-order valence-electron chi connectivity index (χ4n) is 3.06. The van der Waals surface area contributed by atoms with Crippen molar-refractivity contribution in [1.82, 2.24) is 4.90 Å². The Kier molecular flexibility index (Phi) is 3.01. The molecule has 0 N–H and O–H groups in total. The van der Waals surface area contributed by atoms with Crippen LogP contribution in [0, 0.1) is 5.92 Å². The van der Waals surface area contributed by atoms with Gasteiger partial charge in [-0.25, -0.2) is 4.39 Å².